The van der Waals surface area contributed by atoms with Gasteiger partial charge in [0, 0.05) is 13.0 Å². The van der Waals surface area contributed by atoms with Crippen molar-refractivity contribution in [3.05, 3.63) is 0 Å². The summed E-state index contributed by atoms with van der Waals surface area (Å²) in [6.45, 7) is 2.78. The second kappa shape index (κ2) is 5.27. The van der Waals surface area contributed by atoms with Gasteiger partial charge in [-0.25, -0.2) is 0 Å². The van der Waals surface area contributed by atoms with Crippen LogP contribution >= 0.6 is 0 Å². The highest BCUT2D eigenvalue weighted by atomic mass is 16.3. The number of carbonyl (C=O) groups excluding carboxylic acids is 1. The van der Waals surface area contributed by atoms with Crippen LogP contribution in [-0.2, 0) is 4.79 Å². The van der Waals surface area contributed by atoms with Crippen molar-refractivity contribution in [3.8, 4) is 0 Å². The third-order valence-corrected chi connectivity index (χ3v) is 2.33. The summed E-state index contributed by atoms with van der Waals surface area (Å²) in [5.41, 5.74) is 0. The van der Waals surface area contributed by atoms with E-state index in [0.29, 0.717) is 6.42 Å². The van der Waals surface area contributed by atoms with Crippen molar-refractivity contribution < 1.29 is 9.90 Å². The van der Waals surface area contributed by atoms with Crippen LogP contribution in [0.25, 0.3) is 0 Å². The fraction of sp³-hybridized carbons (Fsp3) is 0.889. The molecule has 1 aliphatic heterocycles. The summed E-state index contributed by atoms with van der Waals surface area (Å²) < 4.78 is 0. The first-order chi connectivity index (χ1) is 5.83. The molecule has 1 fully saturated rings. The first kappa shape index (κ1) is 9.68. The van der Waals surface area contributed by atoms with E-state index in [0.717, 1.165) is 19.6 Å². The van der Waals surface area contributed by atoms with Crippen LogP contribution in [0.15, 0.2) is 0 Å². The normalized spacial score (nSPS) is 19.4. The van der Waals surface area contributed by atoms with Crippen molar-refractivity contribution in [1.82, 2.24) is 4.90 Å². The smallest absolute Gasteiger partial charge is 0.159 e. The second-order valence-electron chi connectivity index (χ2n) is 3.35. The van der Waals surface area contributed by atoms with Crippen molar-refractivity contribution in [3.63, 3.8) is 0 Å². The Balaban J connectivity index is 2.09. The van der Waals surface area contributed by atoms with E-state index < -0.39 is 0 Å². The minimum atomic E-state index is -0.298. The van der Waals surface area contributed by atoms with Crippen molar-refractivity contribution in [2.24, 2.45) is 0 Å². The lowest BCUT2D eigenvalue weighted by atomic mass is 10.1. The summed E-state index contributed by atoms with van der Waals surface area (Å²) in [4.78, 5) is 13.1. The largest absolute Gasteiger partial charge is 0.389 e. The number of likely N-dealkylation sites (tertiary alicyclic amines) is 1. The summed E-state index contributed by atoms with van der Waals surface area (Å²) in [6.07, 6.45) is 4.35. The molecule has 1 saturated heterocycles. The maximum Gasteiger partial charge on any atom is 0.159 e. The molecule has 0 unspecified atom stereocenters. The summed E-state index contributed by atoms with van der Waals surface area (Å²) in [6, 6.07) is 0. The molecule has 0 aromatic rings. The molecule has 0 aromatic heterocycles. The molecule has 3 nitrogen and oxygen atoms in total. The Labute approximate surface area is 73.4 Å². The molecule has 1 heterocycles. The lowest BCUT2D eigenvalue weighted by Gasteiger charge is -2.25. The molecule has 1 rings (SSSR count). The van der Waals surface area contributed by atoms with E-state index in [4.69, 9.17) is 5.11 Å². The molecule has 0 saturated carbocycles. The zero-order valence-corrected chi connectivity index (χ0v) is 7.46. The van der Waals surface area contributed by atoms with Gasteiger partial charge in [0.2, 0.25) is 0 Å². The Morgan fingerprint density at radius 1 is 1.25 bits per heavy atom. The van der Waals surface area contributed by atoms with Gasteiger partial charge in [0.05, 0.1) is 0 Å². The summed E-state index contributed by atoms with van der Waals surface area (Å²) in [7, 11) is 0. The number of piperidine rings is 1. The number of rotatable bonds is 4. The van der Waals surface area contributed by atoms with E-state index in [9.17, 15) is 4.79 Å². The van der Waals surface area contributed by atoms with Gasteiger partial charge in [-0.3, -0.25) is 4.79 Å². The monoisotopic (exact) mass is 171 g/mol. The van der Waals surface area contributed by atoms with E-state index in [1.165, 1.54) is 19.3 Å². The van der Waals surface area contributed by atoms with E-state index in [1.54, 1.807) is 0 Å². The molecular weight excluding hydrogens is 154 g/mol. The van der Waals surface area contributed by atoms with Gasteiger partial charge in [-0.15, -0.1) is 0 Å². The Morgan fingerprint density at radius 2 is 1.92 bits per heavy atom. The molecule has 3 heteroatoms. The zero-order valence-electron chi connectivity index (χ0n) is 7.46. The van der Waals surface area contributed by atoms with E-state index in [-0.39, 0.29) is 12.4 Å². The van der Waals surface area contributed by atoms with Gasteiger partial charge in [0.1, 0.15) is 6.61 Å². The third-order valence-electron chi connectivity index (χ3n) is 2.33. The Morgan fingerprint density at radius 3 is 2.50 bits per heavy atom. The number of hydrogen-bond acceptors (Lipinski definition) is 3. The number of Topliss-reactive ketones (excluding diaryl/α,β-unsaturated/α-hetero) is 1. The second-order valence-corrected chi connectivity index (χ2v) is 3.35. The van der Waals surface area contributed by atoms with Gasteiger partial charge in [-0.2, -0.15) is 0 Å². The lowest BCUT2D eigenvalue weighted by molar-refractivity contribution is -0.122. The topological polar surface area (TPSA) is 40.5 Å². The molecule has 12 heavy (non-hydrogen) atoms. The minimum absolute atomic E-state index is 0.0411. The number of carbonyl (C=O) groups is 1. The predicted molar refractivity (Wildman–Crippen MR) is 47.0 cm³/mol. The van der Waals surface area contributed by atoms with Gasteiger partial charge < -0.3 is 10.0 Å². The van der Waals surface area contributed by atoms with Crippen LogP contribution in [0.1, 0.15) is 25.7 Å². The highest BCUT2D eigenvalue weighted by Crippen LogP contribution is 2.08. The van der Waals surface area contributed by atoms with Crippen LogP contribution in [-0.4, -0.2) is 42.0 Å². The maximum atomic E-state index is 10.8. The fourth-order valence-electron chi connectivity index (χ4n) is 1.54. The summed E-state index contributed by atoms with van der Waals surface area (Å²) in [5.74, 6) is -0.0411. The van der Waals surface area contributed by atoms with Crippen LogP contribution < -0.4 is 0 Å². The first-order valence-electron chi connectivity index (χ1n) is 4.68. The average Bonchev–Trinajstić information content (AvgIpc) is 2.16. The summed E-state index contributed by atoms with van der Waals surface area (Å²) >= 11 is 0. The first-order valence-corrected chi connectivity index (χ1v) is 4.68. The SMILES string of the molecule is O=C(CO)CCN1CCCCC1. The van der Waals surface area contributed by atoms with Gasteiger partial charge >= 0.3 is 0 Å². The Hall–Kier alpha value is -0.410. The minimum Gasteiger partial charge on any atom is -0.389 e. The molecule has 0 atom stereocenters. The molecule has 0 aromatic carbocycles. The maximum absolute atomic E-state index is 10.8. The van der Waals surface area contributed by atoms with Crippen molar-refractivity contribution in [1.29, 1.82) is 0 Å². The molecule has 0 spiro atoms. The Kier molecular flexibility index (Phi) is 4.25. The molecule has 1 N–H and O–H groups in total. The van der Waals surface area contributed by atoms with Gasteiger partial charge in [0.15, 0.2) is 5.78 Å². The van der Waals surface area contributed by atoms with E-state index >= 15 is 0 Å². The van der Waals surface area contributed by atoms with Crippen molar-refractivity contribution >= 4 is 5.78 Å². The van der Waals surface area contributed by atoms with Crippen LogP contribution in [0.5, 0.6) is 0 Å². The molecule has 0 radical (unpaired) electrons. The van der Waals surface area contributed by atoms with E-state index in [2.05, 4.69) is 4.90 Å². The van der Waals surface area contributed by atoms with Gasteiger partial charge in [-0.1, -0.05) is 6.42 Å². The number of aliphatic hydroxyl groups excluding tert-OH is 1. The number of ketones is 1. The molecule has 0 amide bonds. The molecule has 1 aliphatic rings. The van der Waals surface area contributed by atoms with Crippen LogP contribution in [0.2, 0.25) is 0 Å². The van der Waals surface area contributed by atoms with Crippen molar-refractivity contribution in [2.75, 3.05) is 26.2 Å². The van der Waals surface area contributed by atoms with E-state index in [1.807, 2.05) is 0 Å². The summed E-state index contributed by atoms with van der Waals surface area (Å²) in [5, 5.41) is 8.50. The molecular formula is C9H17NO2. The standard InChI is InChI=1S/C9H17NO2/c11-8-9(12)4-7-10-5-2-1-3-6-10/h11H,1-8H2. The quantitative estimate of drug-likeness (QED) is 0.666. The number of aliphatic hydroxyl groups is 1. The Bertz CT molecular complexity index is 141. The average molecular weight is 171 g/mol. The van der Waals surface area contributed by atoms with Crippen molar-refractivity contribution in [2.45, 2.75) is 25.7 Å². The zero-order chi connectivity index (χ0) is 8.81. The highest BCUT2D eigenvalue weighted by molar-refractivity contribution is 5.79. The number of hydrogen-bond donors (Lipinski definition) is 1. The molecule has 0 aliphatic carbocycles. The third kappa shape index (κ3) is 3.32. The molecule has 0 bridgehead atoms. The highest BCUT2D eigenvalue weighted by Gasteiger charge is 2.10. The van der Waals surface area contributed by atoms with Crippen LogP contribution in [0.4, 0.5) is 0 Å². The predicted octanol–water partition coefficient (Wildman–Crippen LogP) is 0.424. The lowest BCUT2D eigenvalue weighted by Crippen LogP contribution is -2.31. The molecule has 70 valence electrons. The van der Waals surface area contributed by atoms with Gasteiger partial charge in [-0.05, 0) is 25.9 Å². The fourth-order valence-corrected chi connectivity index (χ4v) is 1.54. The van der Waals surface area contributed by atoms with Crippen LogP contribution in [0, 0.1) is 0 Å². The van der Waals surface area contributed by atoms with Crippen LogP contribution in [0.3, 0.4) is 0 Å². The van der Waals surface area contributed by atoms with Gasteiger partial charge in [0.25, 0.3) is 0 Å². The number of nitrogens with zero attached hydrogens (tertiary/aromatic N) is 1.